The van der Waals surface area contributed by atoms with E-state index < -0.39 is 5.56 Å². The number of nitrogens with one attached hydrogen (secondary N) is 1. The van der Waals surface area contributed by atoms with Crippen LogP contribution in [0.5, 0.6) is 5.75 Å². The second-order valence-electron chi connectivity index (χ2n) is 3.13. The van der Waals surface area contributed by atoms with Gasteiger partial charge in [0.2, 0.25) is 4.77 Å². The molecule has 0 aliphatic heterocycles. The molecule has 1 heterocycles. The highest BCUT2D eigenvalue weighted by Gasteiger charge is 1.97. The van der Waals surface area contributed by atoms with Crippen LogP contribution in [0.1, 0.15) is 5.56 Å². The van der Waals surface area contributed by atoms with E-state index >= 15 is 0 Å². The topological polar surface area (TPSA) is 83.3 Å². The van der Waals surface area contributed by atoms with Crippen molar-refractivity contribution in [3.8, 4) is 5.75 Å². The van der Waals surface area contributed by atoms with Crippen molar-refractivity contribution in [1.82, 2.24) is 14.9 Å². The van der Waals surface area contributed by atoms with Gasteiger partial charge in [-0.15, -0.1) is 0 Å². The Morgan fingerprint density at radius 3 is 2.94 bits per heavy atom. The van der Waals surface area contributed by atoms with Gasteiger partial charge >= 0.3 is 0 Å². The molecule has 17 heavy (non-hydrogen) atoms. The largest absolute Gasteiger partial charge is 0.507 e. The maximum Gasteiger partial charge on any atom is 0.293 e. The van der Waals surface area contributed by atoms with E-state index in [0.717, 1.165) is 10.9 Å². The van der Waals surface area contributed by atoms with E-state index in [2.05, 4.69) is 15.3 Å². The molecule has 0 bridgehead atoms. The van der Waals surface area contributed by atoms with Crippen LogP contribution in [-0.2, 0) is 0 Å². The lowest BCUT2D eigenvalue weighted by Crippen LogP contribution is -2.18. The summed E-state index contributed by atoms with van der Waals surface area (Å²) in [4.78, 5) is 11.4. The van der Waals surface area contributed by atoms with Gasteiger partial charge in [-0.3, -0.25) is 9.89 Å². The fourth-order valence-corrected chi connectivity index (χ4v) is 1.36. The zero-order chi connectivity index (χ0) is 12.3. The van der Waals surface area contributed by atoms with E-state index in [9.17, 15) is 9.90 Å². The number of phenolic OH excluding ortho intramolecular Hbond substituents is 1. The molecule has 0 atom stereocenters. The van der Waals surface area contributed by atoms with Crippen molar-refractivity contribution in [3.05, 3.63) is 51.2 Å². The maximum absolute atomic E-state index is 11.4. The van der Waals surface area contributed by atoms with Crippen LogP contribution < -0.4 is 5.56 Å². The molecule has 1 aromatic carbocycles. The Balaban J connectivity index is 2.43. The molecule has 7 heteroatoms. The molecule has 86 valence electrons. The summed E-state index contributed by atoms with van der Waals surface area (Å²) >= 11 is 4.86. The van der Waals surface area contributed by atoms with Crippen molar-refractivity contribution in [2.45, 2.75) is 0 Å². The smallest absolute Gasteiger partial charge is 0.293 e. The molecule has 0 saturated heterocycles. The van der Waals surface area contributed by atoms with Crippen molar-refractivity contribution in [1.29, 1.82) is 0 Å². The molecule has 0 saturated carbocycles. The number of rotatable bonds is 2. The fraction of sp³-hybridized carbons (Fsp3) is 0. The molecule has 0 unspecified atom stereocenters. The summed E-state index contributed by atoms with van der Waals surface area (Å²) in [5, 5.41) is 19.4. The van der Waals surface area contributed by atoms with Gasteiger partial charge in [-0.05, 0) is 24.4 Å². The van der Waals surface area contributed by atoms with Crippen LogP contribution in [0.15, 0.2) is 40.4 Å². The number of benzene rings is 1. The lowest BCUT2D eigenvalue weighted by atomic mass is 10.2. The lowest BCUT2D eigenvalue weighted by Gasteiger charge is -1.98. The first-order valence-electron chi connectivity index (χ1n) is 4.67. The van der Waals surface area contributed by atoms with E-state index in [1.165, 1.54) is 12.3 Å². The second kappa shape index (κ2) is 4.71. The van der Waals surface area contributed by atoms with Crippen LogP contribution >= 0.6 is 12.2 Å². The molecular weight excluding hydrogens is 240 g/mol. The second-order valence-corrected chi connectivity index (χ2v) is 3.52. The molecule has 0 radical (unpaired) electrons. The van der Waals surface area contributed by atoms with Gasteiger partial charge in [-0.2, -0.15) is 14.9 Å². The molecule has 0 fully saturated rings. The van der Waals surface area contributed by atoms with Gasteiger partial charge in [0.15, 0.2) is 0 Å². The molecule has 0 spiro atoms. The zero-order valence-electron chi connectivity index (χ0n) is 8.57. The number of phenols is 1. The summed E-state index contributed by atoms with van der Waals surface area (Å²) < 4.78 is 1.07. The number of hydrogen-bond donors (Lipinski definition) is 2. The number of para-hydroxylation sites is 1. The number of hydrogen-bond acceptors (Lipinski definition) is 5. The van der Waals surface area contributed by atoms with Crippen LogP contribution in [0.2, 0.25) is 0 Å². The van der Waals surface area contributed by atoms with Gasteiger partial charge in [-0.25, -0.2) is 0 Å². The van der Waals surface area contributed by atoms with Gasteiger partial charge in [0, 0.05) is 5.56 Å². The average molecular weight is 248 g/mol. The number of aromatic nitrogens is 3. The van der Waals surface area contributed by atoms with Crippen molar-refractivity contribution in [2.75, 3.05) is 0 Å². The number of H-pyrrole nitrogens is 1. The first-order valence-corrected chi connectivity index (χ1v) is 5.08. The summed E-state index contributed by atoms with van der Waals surface area (Å²) in [6, 6.07) is 6.63. The Hall–Kier alpha value is -2.28. The quantitative estimate of drug-likeness (QED) is 0.610. The molecule has 0 amide bonds. The van der Waals surface area contributed by atoms with Crippen LogP contribution in [0.3, 0.4) is 0 Å². The lowest BCUT2D eigenvalue weighted by molar-refractivity contribution is 0.474. The molecule has 1 aromatic heterocycles. The van der Waals surface area contributed by atoms with Crippen molar-refractivity contribution in [3.63, 3.8) is 0 Å². The summed E-state index contributed by atoms with van der Waals surface area (Å²) in [6.07, 6.45) is 2.42. The summed E-state index contributed by atoms with van der Waals surface area (Å²) in [7, 11) is 0. The summed E-state index contributed by atoms with van der Waals surface area (Å²) in [5.74, 6) is 0.0771. The molecule has 6 nitrogen and oxygen atoms in total. The third-order valence-corrected chi connectivity index (χ3v) is 2.25. The average Bonchev–Trinajstić information content (AvgIpc) is 2.30. The molecule has 2 N–H and O–H groups in total. The fourth-order valence-electron chi connectivity index (χ4n) is 1.17. The summed E-state index contributed by atoms with van der Waals surface area (Å²) in [6.45, 7) is 0. The van der Waals surface area contributed by atoms with Crippen LogP contribution in [0.25, 0.3) is 0 Å². The van der Waals surface area contributed by atoms with Gasteiger partial charge < -0.3 is 5.11 Å². The predicted octanol–water partition coefficient (Wildman–Crippen LogP) is 0.889. The third-order valence-electron chi connectivity index (χ3n) is 1.99. The van der Waals surface area contributed by atoms with Gasteiger partial charge in [0.1, 0.15) is 11.9 Å². The third kappa shape index (κ3) is 2.45. The Kier molecular flexibility index (Phi) is 3.10. The SMILES string of the molecule is O=c1cn[nH]c(=S)n1/N=C\c1ccccc1O. The standard InChI is InChI=1S/C10H8N4O2S/c15-8-4-2-1-3-7(8)5-12-14-9(16)6-11-13-10(14)17/h1-6,15H,(H,13,17)/b12-5-. The Morgan fingerprint density at radius 2 is 2.24 bits per heavy atom. The van der Waals surface area contributed by atoms with Gasteiger partial charge in [-0.1, -0.05) is 12.1 Å². The van der Waals surface area contributed by atoms with Gasteiger partial charge in [0.25, 0.3) is 5.56 Å². The maximum atomic E-state index is 11.4. The van der Waals surface area contributed by atoms with Crippen LogP contribution in [0.4, 0.5) is 0 Å². The van der Waals surface area contributed by atoms with E-state index in [1.54, 1.807) is 18.2 Å². The van der Waals surface area contributed by atoms with Crippen molar-refractivity contribution < 1.29 is 5.11 Å². The van der Waals surface area contributed by atoms with Crippen molar-refractivity contribution >= 4 is 18.4 Å². The van der Waals surface area contributed by atoms with Crippen LogP contribution in [0, 0.1) is 4.77 Å². The minimum absolute atomic E-state index is 0.0771. The molecule has 2 rings (SSSR count). The highest BCUT2D eigenvalue weighted by molar-refractivity contribution is 7.71. The Bertz CT molecular complexity index is 646. The zero-order valence-corrected chi connectivity index (χ0v) is 9.39. The number of aromatic hydroxyl groups is 1. The highest BCUT2D eigenvalue weighted by atomic mass is 32.1. The molecule has 2 aromatic rings. The Labute approximate surface area is 101 Å². The minimum Gasteiger partial charge on any atom is -0.507 e. The van der Waals surface area contributed by atoms with E-state index in [0.29, 0.717) is 5.56 Å². The molecule has 0 aliphatic rings. The first-order chi connectivity index (χ1) is 8.18. The number of aromatic amines is 1. The van der Waals surface area contributed by atoms with E-state index in [-0.39, 0.29) is 10.5 Å². The highest BCUT2D eigenvalue weighted by Crippen LogP contribution is 2.12. The van der Waals surface area contributed by atoms with Crippen molar-refractivity contribution in [2.24, 2.45) is 5.10 Å². The van der Waals surface area contributed by atoms with E-state index in [4.69, 9.17) is 12.2 Å². The van der Waals surface area contributed by atoms with Gasteiger partial charge in [0.05, 0.1) is 6.21 Å². The first kappa shape index (κ1) is 11.2. The van der Waals surface area contributed by atoms with E-state index in [1.807, 2.05) is 0 Å². The summed E-state index contributed by atoms with van der Waals surface area (Å²) in [5.41, 5.74) is 0.0473. The minimum atomic E-state index is -0.444. The van der Waals surface area contributed by atoms with Crippen LogP contribution in [-0.4, -0.2) is 26.2 Å². The molecular formula is C10H8N4O2S. The normalized spacial score (nSPS) is 10.8. The molecule has 0 aliphatic carbocycles. The number of nitrogens with zero attached hydrogens (tertiary/aromatic N) is 3. The predicted molar refractivity (Wildman–Crippen MR) is 64.8 cm³/mol. The Morgan fingerprint density at radius 1 is 1.47 bits per heavy atom. The monoisotopic (exact) mass is 248 g/mol.